The van der Waals surface area contributed by atoms with Crippen molar-refractivity contribution in [1.29, 1.82) is 0 Å². The summed E-state index contributed by atoms with van der Waals surface area (Å²) in [4.78, 5) is 28.7. The van der Waals surface area contributed by atoms with Crippen molar-refractivity contribution < 1.29 is 14.5 Å². The molecule has 1 aromatic carbocycles. The number of carbonyl (C=O) groups is 2. The molecule has 1 amide bonds. The topological polar surface area (TPSA) is 50.6 Å². The Kier molecular flexibility index (Phi) is 6.46. The van der Waals surface area contributed by atoms with Crippen molar-refractivity contribution >= 4 is 28.0 Å². The molecular formula is C24H31N2O2S+. The predicted octanol–water partition coefficient (Wildman–Crippen LogP) is 3.64. The van der Waals surface area contributed by atoms with Crippen molar-refractivity contribution in [2.45, 2.75) is 63.8 Å². The van der Waals surface area contributed by atoms with E-state index in [4.69, 9.17) is 0 Å². The molecule has 2 aromatic rings. The summed E-state index contributed by atoms with van der Waals surface area (Å²) in [6.07, 6.45) is 10.5. The van der Waals surface area contributed by atoms with Gasteiger partial charge >= 0.3 is 0 Å². The fourth-order valence-electron chi connectivity index (χ4n) is 4.79. The molecule has 0 spiro atoms. The summed E-state index contributed by atoms with van der Waals surface area (Å²) in [6.45, 7) is 0.464. The van der Waals surface area contributed by atoms with Gasteiger partial charge in [0.15, 0.2) is 12.3 Å². The van der Waals surface area contributed by atoms with Crippen molar-refractivity contribution in [1.82, 2.24) is 0 Å². The first kappa shape index (κ1) is 20.3. The van der Waals surface area contributed by atoms with Gasteiger partial charge in [-0.15, -0.1) is 11.3 Å². The number of hydrogen-bond donors (Lipinski definition) is 2. The Hall–Kier alpha value is -1.98. The van der Waals surface area contributed by atoms with Crippen LogP contribution in [-0.4, -0.2) is 31.3 Å². The first-order chi connectivity index (χ1) is 14.1. The average Bonchev–Trinajstić information content (AvgIpc) is 3.12. The molecule has 0 saturated heterocycles. The van der Waals surface area contributed by atoms with E-state index in [0.717, 1.165) is 36.2 Å². The van der Waals surface area contributed by atoms with Gasteiger partial charge in [0.1, 0.15) is 5.00 Å². The number of likely N-dealkylation sites (N-methyl/N-ethyl adjacent to an activating group) is 1. The summed E-state index contributed by atoms with van der Waals surface area (Å²) in [5, 5.41) is 3.88. The number of nitrogens with one attached hydrogen (secondary N) is 2. The van der Waals surface area contributed by atoms with Crippen LogP contribution in [0.5, 0.6) is 0 Å². The molecule has 4 rings (SSSR count). The maximum absolute atomic E-state index is 13.3. The summed E-state index contributed by atoms with van der Waals surface area (Å²) in [5.41, 5.74) is 2.59. The number of aryl methyl sites for hydroxylation is 1. The first-order valence-electron chi connectivity index (χ1n) is 11.0. The molecular weight excluding hydrogens is 380 g/mol. The van der Waals surface area contributed by atoms with E-state index in [1.807, 2.05) is 30.3 Å². The van der Waals surface area contributed by atoms with Gasteiger partial charge in [-0.05, 0) is 56.9 Å². The average molecular weight is 412 g/mol. The van der Waals surface area contributed by atoms with Crippen LogP contribution in [0.2, 0.25) is 0 Å². The minimum atomic E-state index is 0.0220. The molecule has 0 radical (unpaired) electrons. The van der Waals surface area contributed by atoms with Crippen molar-refractivity contribution in [3.63, 3.8) is 0 Å². The molecule has 2 N–H and O–H groups in total. The number of ketones is 1. The highest BCUT2D eigenvalue weighted by molar-refractivity contribution is 7.17. The van der Waals surface area contributed by atoms with Gasteiger partial charge in [0.2, 0.25) is 0 Å². The van der Waals surface area contributed by atoms with E-state index in [1.165, 1.54) is 47.4 Å². The number of amides is 1. The number of rotatable bonds is 6. The van der Waals surface area contributed by atoms with E-state index in [1.54, 1.807) is 11.3 Å². The Balaban J connectivity index is 1.54. The van der Waals surface area contributed by atoms with Crippen LogP contribution < -0.4 is 10.2 Å². The first-order valence-corrected chi connectivity index (χ1v) is 11.8. The Labute approximate surface area is 177 Å². The lowest BCUT2D eigenvalue weighted by atomic mass is 9.92. The van der Waals surface area contributed by atoms with Crippen molar-refractivity contribution in [2.75, 3.05) is 18.9 Å². The summed E-state index contributed by atoms with van der Waals surface area (Å²) < 4.78 is 0. The highest BCUT2D eigenvalue weighted by atomic mass is 32.1. The van der Waals surface area contributed by atoms with Gasteiger partial charge in [-0.2, -0.15) is 0 Å². The third kappa shape index (κ3) is 4.62. The van der Waals surface area contributed by atoms with Crippen LogP contribution in [0.25, 0.3) is 0 Å². The van der Waals surface area contributed by atoms with Crippen LogP contribution >= 0.6 is 11.3 Å². The van der Waals surface area contributed by atoms with Crippen LogP contribution in [0, 0.1) is 0 Å². The van der Waals surface area contributed by atoms with Gasteiger partial charge in [-0.1, -0.05) is 36.8 Å². The van der Waals surface area contributed by atoms with E-state index >= 15 is 0 Å². The molecule has 1 heterocycles. The Morgan fingerprint density at radius 3 is 2.52 bits per heavy atom. The summed E-state index contributed by atoms with van der Waals surface area (Å²) in [7, 11) is 2.13. The number of hydrogen-bond acceptors (Lipinski definition) is 3. The molecule has 1 atom stereocenters. The van der Waals surface area contributed by atoms with Crippen molar-refractivity contribution in [2.24, 2.45) is 0 Å². The van der Waals surface area contributed by atoms with Crippen LogP contribution in [0.1, 0.15) is 71.3 Å². The quantitative estimate of drug-likeness (QED) is 0.713. The van der Waals surface area contributed by atoms with E-state index in [9.17, 15) is 9.59 Å². The Morgan fingerprint density at radius 1 is 1.03 bits per heavy atom. The van der Waals surface area contributed by atoms with Gasteiger partial charge < -0.3 is 10.2 Å². The molecule has 2 aliphatic rings. The maximum Gasteiger partial charge on any atom is 0.280 e. The van der Waals surface area contributed by atoms with Crippen LogP contribution in [-0.2, 0) is 17.6 Å². The zero-order chi connectivity index (χ0) is 20.2. The Bertz CT molecular complexity index is 869. The van der Waals surface area contributed by atoms with Crippen molar-refractivity contribution in [3.05, 3.63) is 51.9 Å². The molecule has 29 heavy (non-hydrogen) atoms. The molecule has 1 saturated carbocycles. The van der Waals surface area contributed by atoms with Gasteiger partial charge in [0.05, 0.1) is 18.7 Å². The lowest BCUT2D eigenvalue weighted by Gasteiger charge is -2.27. The second kappa shape index (κ2) is 9.23. The number of fused-ring (bicyclic) bond motifs is 1. The minimum Gasteiger partial charge on any atom is -0.327 e. The van der Waals surface area contributed by atoms with Gasteiger partial charge in [-0.25, -0.2) is 0 Å². The monoisotopic (exact) mass is 411 g/mol. The molecule has 154 valence electrons. The predicted molar refractivity (Wildman–Crippen MR) is 118 cm³/mol. The normalized spacial score (nSPS) is 18.1. The van der Waals surface area contributed by atoms with Crippen molar-refractivity contribution in [3.8, 4) is 0 Å². The second-order valence-corrected chi connectivity index (χ2v) is 9.62. The SMILES string of the molecule is C[NH+](CC(=O)Nc1sc2c(c1C(=O)c1ccccc1)CCCC2)C1CCCCC1. The Morgan fingerprint density at radius 2 is 1.76 bits per heavy atom. The standard InChI is InChI=1S/C24H30N2O2S/c1-26(18-12-6-3-7-13-18)16-21(27)25-24-22(19-14-8-9-15-20(19)29-24)23(28)17-10-4-2-5-11-17/h2,4-5,10-11,18H,3,6-9,12-16H2,1H3,(H,25,27)/p+1. The number of anilines is 1. The van der Waals surface area contributed by atoms with E-state index in [0.29, 0.717) is 18.2 Å². The smallest absolute Gasteiger partial charge is 0.280 e. The van der Waals surface area contributed by atoms with Gasteiger partial charge in [0.25, 0.3) is 5.91 Å². The number of quaternary nitrogens is 1. The zero-order valence-electron chi connectivity index (χ0n) is 17.3. The second-order valence-electron chi connectivity index (χ2n) is 8.52. The van der Waals surface area contributed by atoms with E-state index in [-0.39, 0.29) is 11.7 Å². The highest BCUT2D eigenvalue weighted by Crippen LogP contribution is 2.39. The fraction of sp³-hybridized carbons (Fsp3) is 0.500. The van der Waals surface area contributed by atoms with Gasteiger partial charge in [-0.3, -0.25) is 9.59 Å². The molecule has 5 heteroatoms. The highest BCUT2D eigenvalue weighted by Gasteiger charge is 2.28. The summed E-state index contributed by atoms with van der Waals surface area (Å²) >= 11 is 1.61. The van der Waals surface area contributed by atoms with E-state index < -0.39 is 0 Å². The lowest BCUT2D eigenvalue weighted by molar-refractivity contribution is -0.899. The largest absolute Gasteiger partial charge is 0.327 e. The molecule has 1 unspecified atom stereocenters. The molecule has 0 bridgehead atoms. The summed E-state index contributed by atoms with van der Waals surface area (Å²) in [5.74, 6) is 0.0575. The molecule has 1 fully saturated rings. The van der Waals surface area contributed by atoms with Crippen LogP contribution in [0.4, 0.5) is 5.00 Å². The van der Waals surface area contributed by atoms with Gasteiger partial charge in [0, 0.05) is 10.4 Å². The summed E-state index contributed by atoms with van der Waals surface area (Å²) in [6, 6.07) is 10.0. The minimum absolute atomic E-state index is 0.0220. The maximum atomic E-state index is 13.3. The third-order valence-electron chi connectivity index (χ3n) is 6.43. The van der Waals surface area contributed by atoms with Crippen LogP contribution in [0.15, 0.2) is 30.3 Å². The number of carbonyl (C=O) groups excluding carboxylic acids is 2. The number of thiophene rings is 1. The van der Waals surface area contributed by atoms with E-state index in [2.05, 4.69) is 12.4 Å². The number of benzene rings is 1. The molecule has 1 aromatic heterocycles. The third-order valence-corrected chi connectivity index (χ3v) is 7.64. The van der Waals surface area contributed by atoms with Crippen LogP contribution in [0.3, 0.4) is 0 Å². The molecule has 4 nitrogen and oxygen atoms in total. The fourth-order valence-corrected chi connectivity index (χ4v) is 6.09. The lowest BCUT2D eigenvalue weighted by Crippen LogP contribution is -3.14. The molecule has 0 aliphatic heterocycles. The molecule has 2 aliphatic carbocycles. The zero-order valence-corrected chi connectivity index (χ0v) is 18.1.